The second-order valence-corrected chi connectivity index (χ2v) is 6.29. The van der Waals surface area contributed by atoms with E-state index in [1.165, 1.54) is 19.3 Å². The van der Waals surface area contributed by atoms with Gasteiger partial charge in [0.15, 0.2) is 0 Å². The molecule has 0 spiro atoms. The summed E-state index contributed by atoms with van der Waals surface area (Å²) < 4.78 is 0. The zero-order chi connectivity index (χ0) is 12.2. The molecule has 0 amide bonds. The molecule has 0 unspecified atom stereocenters. The monoisotopic (exact) mass is 226 g/mol. The van der Waals surface area contributed by atoms with Crippen LogP contribution in [0.25, 0.3) is 0 Å². The Morgan fingerprint density at radius 2 is 1.12 bits per heavy atom. The van der Waals surface area contributed by atoms with Crippen LogP contribution < -0.4 is 0 Å². The fraction of sp³-hybridized carbons (Fsp3) is 0.529. The SMILES string of the molecule is CC(C)C1=CC2=C(C1)C1=C(C=C(C(C)C)C1)C2. The summed E-state index contributed by atoms with van der Waals surface area (Å²) in [7, 11) is 0. The molecule has 17 heavy (non-hydrogen) atoms. The van der Waals surface area contributed by atoms with Crippen LogP contribution in [0.1, 0.15) is 47.0 Å². The first-order valence-electron chi connectivity index (χ1n) is 6.91. The second kappa shape index (κ2) is 3.73. The van der Waals surface area contributed by atoms with Crippen molar-refractivity contribution in [2.45, 2.75) is 47.0 Å². The van der Waals surface area contributed by atoms with Gasteiger partial charge in [0.25, 0.3) is 0 Å². The van der Waals surface area contributed by atoms with Crippen LogP contribution in [-0.4, -0.2) is 0 Å². The molecule has 0 aromatic carbocycles. The summed E-state index contributed by atoms with van der Waals surface area (Å²) in [5, 5.41) is 0. The quantitative estimate of drug-likeness (QED) is 0.624. The Kier molecular flexibility index (Phi) is 2.43. The lowest BCUT2D eigenvalue weighted by molar-refractivity contribution is 0.736. The highest BCUT2D eigenvalue weighted by Crippen LogP contribution is 2.49. The minimum Gasteiger partial charge on any atom is -0.0630 e. The zero-order valence-electron chi connectivity index (χ0n) is 11.4. The van der Waals surface area contributed by atoms with Crippen molar-refractivity contribution in [1.29, 1.82) is 0 Å². The predicted molar refractivity (Wildman–Crippen MR) is 73.7 cm³/mol. The van der Waals surface area contributed by atoms with E-state index in [2.05, 4.69) is 39.8 Å². The first-order chi connectivity index (χ1) is 8.06. The molecule has 0 bridgehead atoms. The van der Waals surface area contributed by atoms with Gasteiger partial charge < -0.3 is 0 Å². The summed E-state index contributed by atoms with van der Waals surface area (Å²) in [5.41, 5.74) is 9.88. The average Bonchev–Trinajstić information content (AvgIpc) is 2.84. The van der Waals surface area contributed by atoms with Crippen LogP contribution in [0.4, 0.5) is 0 Å². The minimum absolute atomic E-state index is 0.712. The molecule has 0 heteroatoms. The number of hydrogen-bond acceptors (Lipinski definition) is 0. The Morgan fingerprint density at radius 3 is 1.47 bits per heavy atom. The molecule has 0 fully saturated rings. The molecular formula is C17H22. The van der Waals surface area contributed by atoms with E-state index in [0.29, 0.717) is 11.8 Å². The Morgan fingerprint density at radius 1 is 0.706 bits per heavy atom. The van der Waals surface area contributed by atoms with Crippen LogP contribution in [0.5, 0.6) is 0 Å². The first-order valence-corrected chi connectivity index (χ1v) is 6.91. The molecule has 3 aliphatic rings. The van der Waals surface area contributed by atoms with Crippen molar-refractivity contribution in [2.75, 3.05) is 0 Å². The highest BCUT2D eigenvalue weighted by atomic mass is 14.4. The number of fused-ring (bicyclic) bond motifs is 1. The van der Waals surface area contributed by atoms with Crippen LogP contribution >= 0.6 is 0 Å². The van der Waals surface area contributed by atoms with Crippen molar-refractivity contribution >= 4 is 0 Å². The van der Waals surface area contributed by atoms with Gasteiger partial charge in [-0.15, -0.1) is 0 Å². The van der Waals surface area contributed by atoms with Crippen LogP contribution in [-0.2, 0) is 0 Å². The van der Waals surface area contributed by atoms with Crippen LogP contribution in [0.2, 0.25) is 0 Å². The highest BCUT2D eigenvalue weighted by Gasteiger charge is 2.31. The van der Waals surface area contributed by atoms with Gasteiger partial charge in [-0.25, -0.2) is 0 Å². The van der Waals surface area contributed by atoms with Gasteiger partial charge in [-0.3, -0.25) is 0 Å². The van der Waals surface area contributed by atoms with E-state index in [0.717, 1.165) is 0 Å². The molecule has 3 rings (SSSR count). The molecule has 0 aromatic heterocycles. The maximum absolute atomic E-state index is 2.47. The average molecular weight is 226 g/mol. The molecule has 0 aromatic rings. The normalized spacial score (nSPS) is 22.7. The predicted octanol–water partition coefficient (Wildman–Crippen LogP) is 4.96. The lowest BCUT2D eigenvalue weighted by Crippen LogP contribution is -1.95. The van der Waals surface area contributed by atoms with E-state index in [1.54, 1.807) is 33.4 Å². The summed E-state index contributed by atoms with van der Waals surface area (Å²) in [6, 6.07) is 0. The van der Waals surface area contributed by atoms with Gasteiger partial charge in [0, 0.05) is 0 Å². The van der Waals surface area contributed by atoms with Gasteiger partial charge >= 0.3 is 0 Å². The van der Waals surface area contributed by atoms with Gasteiger partial charge in [-0.2, -0.15) is 0 Å². The third kappa shape index (κ3) is 1.66. The molecule has 3 aliphatic carbocycles. The fourth-order valence-electron chi connectivity index (χ4n) is 3.22. The third-order valence-electron chi connectivity index (χ3n) is 4.48. The maximum atomic E-state index is 2.47. The Bertz CT molecular complexity index is 444. The molecule has 90 valence electrons. The van der Waals surface area contributed by atoms with E-state index in [1.807, 2.05) is 0 Å². The third-order valence-corrected chi connectivity index (χ3v) is 4.48. The molecule has 0 radical (unpaired) electrons. The molecule has 0 aliphatic heterocycles. The van der Waals surface area contributed by atoms with Gasteiger partial charge in [-0.1, -0.05) is 51.0 Å². The number of allylic oxidation sites excluding steroid dienone is 8. The van der Waals surface area contributed by atoms with Crippen molar-refractivity contribution in [3.05, 3.63) is 45.6 Å². The molecule has 0 saturated carbocycles. The summed E-state index contributed by atoms with van der Waals surface area (Å²) in [6.45, 7) is 9.26. The molecular weight excluding hydrogens is 204 g/mol. The van der Waals surface area contributed by atoms with Crippen molar-refractivity contribution in [1.82, 2.24) is 0 Å². The fourth-order valence-corrected chi connectivity index (χ4v) is 3.22. The van der Waals surface area contributed by atoms with E-state index >= 15 is 0 Å². The number of hydrogen-bond donors (Lipinski definition) is 0. The molecule has 0 heterocycles. The van der Waals surface area contributed by atoms with Crippen molar-refractivity contribution in [3.63, 3.8) is 0 Å². The van der Waals surface area contributed by atoms with E-state index < -0.39 is 0 Å². The van der Waals surface area contributed by atoms with Crippen molar-refractivity contribution < 1.29 is 0 Å². The van der Waals surface area contributed by atoms with E-state index in [-0.39, 0.29) is 0 Å². The standard InChI is InChI=1S/C17H22/c1-10(2)12-5-14-7-15-6-13(11(3)4)9-17(15)16(14)8-12/h5-6,10-11H,7-9H2,1-4H3. The van der Waals surface area contributed by atoms with Gasteiger partial charge in [0.1, 0.15) is 0 Å². The Hall–Kier alpha value is -1.04. The zero-order valence-corrected chi connectivity index (χ0v) is 11.4. The Labute approximate surface area is 105 Å². The molecule has 0 saturated heterocycles. The smallest absolute Gasteiger partial charge is 0.00199 e. The first kappa shape index (κ1) is 11.1. The lowest BCUT2D eigenvalue weighted by Gasteiger charge is -2.11. The Balaban J connectivity index is 1.79. The lowest BCUT2D eigenvalue weighted by atomic mass is 9.93. The van der Waals surface area contributed by atoms with Gasteiger partial charge in [0.2, 0.25) is 0 Å². The second-order valence-electron chi connectivity index (χ2n) is 6.29. The summed E-state index contributed by atoms with van der Waals surface area (Å²) in [5.74, 6) is 1.42. The summed E-state index contributed by atoms with van der Waals surface area (Å²) in [6.07, 6.45) is 8.61. The number of rotatable bonds is 2. The molecule has 0 atom stereocenters. The minimum atomic E-state index is 0.712. The topological polar surface area (TPSA) is 0 Å². The van der Waals surface area contributed by atoms with E-state index in [9.17, 15) is 0 Å². The summed E-state index contributed by atoms with van der Waals surface area (Å²) >= 11 is 0. The molecule has 0 nitrogen and oxygen atoms in total. The maximum Gasteiger partial charge on any atom is -0.00199 e. The van der Waals surface area contributed by atoms with E-state index in [4.69, 9.17) is 0 Å². The highest BCUT2D eigenvalue weighted by molar-refractivity contribution is 5.64. The van der Waals surface area contributed by atoms with Crippen molar-refractivity contribution in [2.24, 2.45) is 11.8 Å². The van der Waals surface area contributed by atoms with Crippen LogP contribution in [0, 0.1) is 11.8 Å². The largest absolute Gasteiger partial charge is 0.0630 e. The summed E-state index contributed by atoms with van der Waals surface area (Å²) in [4.78, 5) is 0. The van der Waals surface area contributed by atoms with Crippen molar-refractivity contribution in [3.8, 4) is 0 Å². The van der Waals surface area contributed by atoms with Crippen LogP contribution in [0.3, 0.4) is 0 Å². The van der Waals surface area contributed by atoms with Crippen LogP contribution in [0.15, 0.2) is 45.6 Å². The van der Waals surface area contributed by atoms with Gasteiger partial charge in [-0.05, 0) is 53.4 Å². The molecule has 0 N–H and O–H groups in total. The van der Waals surface area contributed by atoms with Gasteiger partial charge in [0.05, 0.1) is 0 Å².